The molecule has 2 saturated heterocycles. The highest BCUT2D eigenvalue weighted by Gasteiger charge is 2.54. The van der Waals surface area contributed by atoms with Crippen LogP contribution in [0.5, 0.6) is 0 Å². The zero-order chi connectivity index (χ0) is 16.5. The number of amides is 2. The van der Waals surface area contributed by atoms with E-state index in [-0.39, 0.29) is 24.6 Å². The van der Waals surface area contributed by atoms with Crippen LogP contribution < -0.4 is 5.32 Å². The Kier molecular flexibility index (Phi) is 4.14. The molecule has 3 fully saturated rings. The molecule has 6 heteroatoms. The minimum atomic E-state index is -0.401. The van der Waals surface area contributed by atoms with E-state index in [2.05, 4.69) is 17.4 Å². The third kappa shape index (κ3) is 2.86. The molecule has 128 valence electrons. The molecule has 6 nitrogen and oxygen atoms in total. The van der Waals surface area contributed by atoms with Crippen molar-refractivity contribution in [2.24, 2.45) is 11.8 Å². The van der Waals surface area contributed by atoms with Gasteiger partial charge in [0.25, 0.3) is 0 Å². The summed E-state index contributed by atoms with van der Waals surface area (Å²) in [4.78, 5) is 25.3. The summed E-state index contributed by atoms with van der Waals surface area (Å²) in [5.74, 6) is 0.588. The third-order valence-corrected chi connectivity index (χ3v) is 5.35. The molecule has 4 rings (SSSR count). The number of ether oxygens (including phenoxy) is 2. The summed E-state index contributed by atoms with van der Waals surface area (Å²) in [5, 5.41) is 3.14. The summed E-state index contributed by atoms with van der Waals surface area (Å²) in [5.41, 5.74) is 1.26. The first-order valence-electron chi connectivity index (χ1n) is 8.59. The smallest absolute Gasteiger partial charge is 0.410 e. The van der Waals surface area contributed by atoms with Crippen LogP contribution in [0.15, 0.2) is 30.3 Å². The summed E-state index contributed by atoms with van der Waals surface area (Å²) >= 11 is 0. The van der Waals surface area contributed by atoms with Gasteiger partial charge in [0.2, 0.25) is 5.91 Å². The number of carbonyl (C=O) groups is 2. The van der Waals surface area contributed by atoms with E-state index in [0.29, 0.717) is 25.0 Å². The Morgan fingerprint density at radius 2 is 2.08 bits per heavy atom. The molecule has 24 heavy (non-hydrogen) atoms. The van der Waals surface area contributed by atoms with Crippen molar-refractivity contribution >= 4 is 12.0 Å². The molecule has 1 aliphatic carbocycles. The molecule has 0 radical (unpaired) electrons. The van der Waals surface area contributed by atoms with E-state index in [4.69, 9.17) is 9.47 Å². The molecule has 2 heterocycles. The topological polar surface area (TPSA) is 67.9 Å². The quantitative estimate of drug-likeness (QED) is 0.881. The highest BCUT2D eigenvalue weighted by atomic mass is 16.6. The summed E-state index contributed by atoms with van der Waals surface area (Å²) in [6.07, 6.45) is 1.74. The fourth-order valence-corrected chi connectivity index (χ4v) is 4.15. The van der Waals surface area contributed by atoms with Crippen molar-refractivity contribution < 1.29 is 19.1 Å². The monoisotopic (exact) mass is 330 g/mol. The minimum absolute atomic E-state index is 0.0750. The van der Waals surface area contributed by atoms with E-state index in [9.17, 15) is 9.59 Å². The molecule has 0 aromatic heterocycles. The SMILES string of the molecule is O=C(CN1CCOC1=O)N[C@@H]1[C@@H](Cc2ccccc2)[C@H]2OCC[C@@H]12. The van der Waals surface area contributed by atoms with Crippen molar-refractivity contribution in [2.45, 2.75) is 25.0 Å². The summed E-state index contributed by atoms with van der Waals surface area (Å²) in [7, 11) is 0. The van der Waals surface area contributed by atoms with Gasteiger partial charge in [-0.15, -0.1) is 0 Å². The molecule has 0 bridgehead atoms. The van der Waals surface area contributed by atoms with Gasteiger partial charge in [-0.2, -0.15) is 0 Å². The molecule has 2 aliphatic heterocycles. The Balaban J connectivity index is 1.38. The molecule has 1 aromatic carbocycles. The first-order valence-corrected chi connectivity index (χ1v) is 8.59. The lowest BCUT2D eigenvalue weighted by Crippen LogP contribution is -2.63. The maximum atomic E-state index is 12.3. The van der Waals surface area contributed by atoms with Crippen LogP contribution in [0, 0.1) is 11.8 Å². The molecule has 1 saturated carbocycles. The number of benzene rings is 1. The molecule has 0 spiro atoms. The van der Waals surface area contributed by atoms with Crippen LogP contribution in [-0.4, -0.2) is 55.3 Å². The predicted octanol–water partition coefficient (Wildman–Crippen LogP) is 1.20. The number of nitrogens with one attached hydrogen (secondary N) is 1. The largest absolute Gasteiger partial charge is 0.448 e. The van der Waals surface area contributed by atoms with Crippen LogP contribution in [-0.2, 0) is 20.7 Å². The van der Waals surface area contributed by atoms with Crippen molar-refractivity contribution in [1.29, 1.82) is 0 Å². The maximum absolute atomic E-state index is 12.3. The second-order valence-electron chi connectivity index (χ2n) is 6.77. The fourth-order valence-electron chi connectivity index (χ4n) is 4.15. The Bertz CT molecular complexity index is 621. The average molecular weight is 330 g/mol. The molecule has 0 unspecified atom stereocenters. The van der Waals surface area contributed by atoms with Crippen molar-refractivity contribution in [1.82, 2.24) is 10.2 Å². The van der Waals surface area contributed by atoms with E-state index in [1.807, 2.05) is 18.2 Å². The minimum Gasteiger partial charge on any atom is -0.448 e. The average Bonchev–Trinajstić information content (AvgIpc) is 3.19. The van der Waals surface area contributed by atoms with Crippen LogP contribution in [0.4, 0.5) is 4.79 Å². The lowest BCUT2D eigenvalue weighted by Gasteiger charge is -2.48. The van der Waals surface area contributed by atoms with Gasteiger partial charge in [0.05, 0.1) is 12.6 Å². The lowest BCUT2D eigenvalue weighted by molar-refractivity contribution is -0.127. The second-order valence-corrected chi connectivity index (χ2v) is 6.77. The highest BCUT2D eigenvalue weighted by molar-refractivity contribution is 5.83. The zero-order valence-corrected chi connectivity index (χ0v) is 13.5. The van der Waals surface area contributed by atoms with Gasteiger partial charge in [0.15, 0.2) is 0 Å². The summed E-state index contributed by atoms with van der Waals surface area (Å²) < 4.78 is 10.7. The van der Waals surface area contributed by atoms with Gasteiger partial charge in [-0.1, -0.05) is 30.3 Å². The molecule has 4 atom stereocenters. The number of hydrogen-bond donors (Lipinski definition) is 1. The van der Waals surface area contributed by atoms with Crippen molar-refractivity contribution in [3.8, 4) is 0 Å². The maximum Gasteiger partial charge on any atom is 0.410 e. The number of fused-ring (bicyclic) bond motifs is 1. The molecule has 1 N–H and O–H groups in total. The number of hydrogen-bond acceptors (Lipinski definition) is 4. The normalized spacial score (nSPS) is 31.3. The first-order chi connectivity index (χ1) is 11.7. The molecule has 1 aromatic rings. The van der Waals surface area contributed by atoms with Gasteiger partial charge in [-0.3, -0.25) is 9.69 Å². The number of cyclic esters (lactones) is 1. The number of rotatable bonds is 5. The predicted molar refractivity (Wildman–Crippen MR) is 86.3 cm³/mol. The van der Waals surface area contributed by atoms with Crippen LogP contribution >= 0.6 is 0 Å². The number of nitrogens with zero attached hydrogens (tertiary/aromatic N) is 1. The van der Waals surface area contributed by atoms with Gasteiger partial charge in [0.1, 0.15) is 13.2 Å². The molecule has 3 aliphatic rings. The van der Waals surface area contributed by atoms with Crippen molar-refractivity contribution in [3.63, 3.8) is 0 Å². The summed E-state index contributed by atoms with van der Waals surface area (Å²) in [6, 6.07) is 10.4. The summed E-state index contributed by atoms with van der Waals surface area (Å²) in [6.45, 7) is 1.70. The molecular weight excluding hydrogens is 308 g/mol. The van der Waals surface area contributed by atoms with Gasteiger partial charge in [0, 0.05) is 24.5 Å². The van der Waals surface area contributed by atoms with Crippen LogP contribution in [0.3, 0.4) is 0 Å². The highest BCUT2D eigenvalue weighted by Crippen LogP contribution is 2.45. The van der Waals surface area contributed by atoms with Gasteiger partial charge < -0.3 is 14.8 Å². The van der Waals surface area contributed by atoms with E-state index < -0.39 is 6.09 Å². The molecular formula is C18H22N2O4. The Morgan fingerprint density at radius 1 is 1.25 bits per heavy atom. The van der Waals surface area contributed by atoms with Crippen LogP contribution in [0.1, 0.15) is 12.0 Å². The Morgan fingerprint density at radius 3 is 2.83 bits per heavy atom. The van der Waals surface area contributed by atoms with E-state index in [0.717, 1.165) is 19.4 Å². The molecule has 2 amide bonds. The first kappa shape index (κ1) is 15.4. The zero-order valence-electron chi connectivity index (χ0n) is 13.5. The van der Waals surface area contributed by atoms with Crippen LogP contribution in [0.25, 0.3) is 0 Å². The van der Waals surface area contributed by atoms with Gasteiger partial charge >= 0.3 is 6.09 Å². The van der Waals surface area contributed by atoms with Crippen LogP contribution in [0.2, 0.25) is 0 Å². The lowest BCUT2D eigenvalue weighted by atomic mass is 9.64. The van der Waals surface area contributed by atoms with Gasteiger partial charge in [-0.25, -0.2) is 4.79 Å². The van der Waals surface area contributed by atoms with E-state index >= 15 is 0 Å². The standard InChI is InChI=1S/C18H22N2O4/c21-15(11-20-7-9-24-18(20)22)19-16-13-6-8-23-17(13)14(16)10-12-4-2-1-3-5-12/h1-5,13-14,16-17H,6-11H2,(H,19,21)/t13-,14+,16-,17-/m0/s1. The Labute approximate surface area is 141 Å². The van der Waals surface area contributed by atoms with E-state index in [1.54, 1.807) is 0 Å². The van der Waals surface area contributed by atoms with E-state index in [1.165, 1.54) is 10.5 Å². The van der Waals surface area contributed by atoms with Crippen molar-refractivity contribution in [2.75, 3.05) is 26.3 Å². The van der Waals surface area contributed by atoms with Crippen molar-refractivity contribution in [3.05, 3.63) is 35.9 Å². The van der Waals surface area contributed by atoms with Gasteiger partial charge in [-0.05, 0) is 18.4 Å². The fraction of sp³-hybridized carbons (Fsp3) is 0.556. The number of carbonyl (C=O) groups excluding carboxylic acids is 2. The third-order valence-electron chi connectivity index (χ3n) is 5.35. The second kappa shape index (κ2) is 6.43. The Hall–Kier alpha value is -2.08.